The molecule has 0 amide bonds. The number of hydrogen-bond acceptors (Lipinski definition) is 3. The van der Waals surface area contributed by atoms with Gasteiger partial charge in [0.05, 0.1) is 5.54 Å². The molecule has 0 aliphatic heterocycles. The fourth-order valence-electron chi connectivity index (χ4n) is 3.10. The normalized spacial score (nSPS) is 28.2. The Morgan fingerprint density at radius 3 is 2.82 bits per heavy atom. The SMILES string of the molecule is CCCNC1(c2nccs2)CCCC(C)(C)C1. The van der Waals surface area contributed by atoms with E-state index in [0.717, 1.165) is 6.54 Å². The summed E-state index contributed by atoms with van der Waals surface area (Å²) in [7, 11) is 0. The van der Waals surface area contributed by atoms with E-state index in [0.29, 0.717) is 5.41 Å². The Bertz CT molecular complexity index is 345. The van der Waals surface area contributed by atoms with Gasteiger partial charge < -0.3 is 5.32 Å². The average molecular weight is 252 g/mol. The van der Waals surface area contributed by atoms with Gasteiger partial charge in [-0.15, -0.1) is 11.3 Å². The summed E-state index contributed by atoms with van der Waals surface area (Å²) < 4.78 is 0. The number of hydrogen-bond donors (Lipinski definition) is 1. The highest BCUT2D eigenvalue weighted by molar-refractivity contribution is 7.09. The summed E-state index contributed by atoms with van der Waals surface area (Å²) in [5.41, 5.74) is 0.580. The van der Waals surface area contributed by atoms with Crippen LogP contribution in [-0.2, 0) is 5.54 Å². The number of nitrogens with zero attached hydrogens (tertiary/aromatic N) is 1. The monoisotopic (exact) mass is 252 g/mol. The van der Waals surface area contributed by atoms with Crippen molar-refractivity contribution >= 4 is 11.3 Å². The van der Waals surface area contributed by atoms with Gasteiger partial charge in [-0.05, 0) is 37.6 Å². The molecule has 0 aromatic carbocycles. The smallest absolute Gasteiger partial charge is 0.113 e. The molecule has 1 heterocycles. The van der Waals surface area contributed by atoms with Gasteiger partial charge >= 0.3 is 0 Å². The van der Waals surface area contributed by atoms with E-state index < -0.39 is 0 Å². The molecule has 0 spiro atoms. The van der Waals surface area contributed by atoms with Crippen molar-refractivity contribution in [3.63, 3.8) is 0 Å². The van der Waals surface area contributed by atoms with E-state index in [1.165, 1.54) is 37.1 Å². The van der Waals surface area contributed by atoms with Crippen LogP contribution in [0.3, 0.4) is 0 Å². The van der Waals surface area contributed by atoms with Gasteiger partial charge in [0, 0.05) is 11.6 Å². The van der Waals surface area contributed by atoms with Gasteiger partial charge in [0.2, 0.25) is 0 Å². The van der Waals surface area contributed by atoms with Gasteiger partial charge in [-0.3, -0.25) is 0 Å². The topological polar surface area (TPSA) is 24.9 Å². The first-order valence-corrected chi connectivity index (χ1v) is 7.61. The largest absolute Gasteiger partial charge is 0.305 e. The zero-order chi connectivity index (χ0) is 12.4. The van der Waals surface area contributed by atoms with Gasteiger partial charge in [-0.25, -0.2) is 4.98 Å². The molecule has 1 atom stereocenters. The van der Waals surface area contributed by atoms with Crippen molar-refractivity contribution in [1.82, 2.24) is 10.3 Å². The minimum absolute atomic E-state index is 0.145. The first kappa shape index (κ1) is 13.0. The third-order valence-electron chi connectivity index (χ3n) is 3.79. The van der Waals surface area contributed by atoms with Gasteiger partial charge in [0.25, 0.3) is 0 Å². The summed E-state index contributed by atoms with van der Waals surface area (Å²) in [6, 6.07) is 0. The van der Waals surface area contributed by atoms with Crippen LogP contribution in [0.5, 0.6) is 0 Å². The maximum atomic E-state index is 4.59. The molecule has 96 valence electrons. The maximum Gasteiger partial charge on any atom is 0.113 e. The third kappa shape index (κ3) is 2.89. The molecular formula is C14H24N2S. The van der Waals surface area contributed by atoms with E-state index in [2.05, 4.69) is 36.5 Å². The first-order chi connectivity index (χ1) is 8.08. The second-order valence-corrected chi connectivity index (χ2v) is 6.94. The molecule has 2 rings (SSSR count). The molecule has 1 unspecified atom stereocenters. The molecule has 1 N–H and O–H groups in total. The summed E-state index contributed by atoms with van der Waals surface area (Å²) in [5.74, 6) is 0. The Kier molecular flexibility index (Phi) is 3.88. The molecule has 0 bridgehead atoms. The predicted molar refractivity (Wildman–Crippen MR) is 74.3 cm³/mol. The van der Waals surface area contributed by atoms with Crippen molar-refractivity contribution in [2.24, 2.45) is 5.41 Å². The summed E-state index contributed by atoms with van der Waals surface area (Å²) in [5, 5.41) is 7.18. The highest BCUT2D eigenvalue weighted by atomic mass is 32.1. The molecule has 0 radical (unpaired) electrons. The highest BCUT2D eigenvalue weighted by Gasteiger charge is 2.42. The lowest BCUT2D eigenvalue weighted by Gasteiger charge is -2.44. The first-order valence-electron chi connectivity index (χ1n) is 6.73. The standard InChI is InChI=1S/C14H24N2S/c1-4-8-16-14(12-15-9-10-17-12)7-5-6-13(2,3)11-14/h9-10,16H,4-8,11H2,1-3H3. The zero-order valence-electron chi connectivity index (χ0n) is 11.3. The summed E-state index contributed by atoms with van der Waals surface area (Å²) in [4.78, 5) is 4.59. The zero-order valence-corrected chi connectivity index (χ0v) is 12.1. The Hall–Kier alpha value is -0.410. The quantitative estimate of drug-likeness (QED) is 0.878. The Morgan fingerprint density at radius 2 is 2.24 bits per heavy atom. The number of aromatic nitrogens is 1. The van der Waals surface area contributed by atoms with Gasteiger partial charge in [-0.2, -0.15) is 0 Å². The van der Waals surface area contributed by atoms with Crippen LogP contribution < -0.4 is 5.32 Å². The van der Waals surface area contributed by atoms with Crippen molar-refractivity contribution in [2.75, 3.05) is 6.54 Å². The van der Waals surface area contributed by atoms with Crippen LogP contribution in [0.4, 0.5) is 0 Å². The summed E-state index contributed by atoms with van der Waals surface area (Å²) in [6.07, 6.45) is 8.24. The second-order valence-electron chi connectivity index (χ2n) is 6.04. The number of rotatable bonds is 4. The fraction of sp³-hybridized carbons (Fsp3) is 0.786. The van der Waals surface area contributed by atoms with Crippen molar-refractivity contribution in [3.8, 4) is 0 Å². The lowest BCUT2D eigenvalue weighted by molar-refractivity contribution is 0.118. The molecule has 17 heavy (non-hydrogen) atoms. The summed E-state index contributed by atoms with van der Waals surface area (Å²) in [6.45, 7) is 8.11. The van der Waals surface area contributed by atoms with Crippen molar-refractivity contribution in [3.05, 3.63) is 16.6 Å². The lowest BCUT2D eigenvalue weighted by Crippen LogP contribution is -2.48. The third-order valence-corrected chi connectivity index (χ3v) is 4.77. The Balaban J connectivity index is 2.24. The molecule has 1 aromatic heterocycles. The van der Waals surface area contributed by atoms with E-state index in [-0.39, 0.29) is 5.54 Å². The van der Waals surface area contributed by atoms with Crippen LogP contribution in [0, 0.1) is 5.41 Å². The minimum atomic E-state index is 0.145. The Labute approximate surface area is 109 Å². The van der Waals surface area contributed by atoms with Crippen LogP contribution in [0.15, 0.2) is 11.6 Å². The molecule has 0 saturated heterocycles. The van der Waals surface area contributed by atoms with Crippen LogP contribution in [0.2, 0.25) is 0 Å². The van der Waals surface area contributed by atoms with Gasteiger partial charge in [-0.1, -0.05) is 27.2 Å². The lowest BCUT2D eigenvalue weighted by atomic mass is 9.68. The highest BCUT2D eigenvalue weighted by Crippen LogP contribution is 2.46. The van der Waals surface area contributed by atoms with Crippen molar-refractivity contribution < 1.29 is 0 Å². The van der Waals surface area contributed by atoms with Crippen LogP contribution >= 0.6 is 11.3 Å². The van der Waals surface area contributed by atoms with Crippen LogP contribution in [0.1, 0.15) is 57.9 Å². The molecule has 1 aliphatic rings. The number of thiazole rings is 1. The van der Waals surface area contributed by atoms with Crippen LogP contribution in [0.25, 0.3) is 0 Å². The summed E-state index contributed by atoms with van der Waals surface area (Å²) >= 11 is 1.81. The molecule has 1 saturated carbocycles. The van der Waals surface area contributed by atoms with E-state index in [4.69, 9.17) is 0 Å². The molecule has 1 aliphatic carbocycles. The van der Waals surface area contributed by atoms with Gasteiger partial charge in [0.15, 0.2) is 0 Å². The molecule has 1 fully saturated rings. The predicted octanol–water partition coefficient (Wildman–Crippen LogP) is 3.94. The molecular weight excluding hydrogens is 228 g/mol. The molecule has 3 heteroatoms. The molecule has 2 nitrogen and oxygen atoms in total. The van der Waals surface area contributed by atoms with Crippen molar-refractivity contribution in [1.29, 1.82) is 0 Å². The van der Waals surface area contributed by atoms with E-state index in [1.807, 2.05) is 6.20 Å². The van der Waals surface area contributed by atoms with E-state index >= 15 is 0 Å². The maximum absolute atomic E-state index is 4.59. The van der Waals surface area contributed by atoms with E-state index in [1.54, 1.807) is 11.3 Å². The van der Waals surface area contributed by atoms with E-state index in [9.17, 15) is 0 Å². The van der Waals surface area contributed by atoms with Gasteiger partial charge in [0.1, 0.15) is 5.01 Å². The Morgan fingerprint density at radius 1 is 1.41 bits per heavy atom. The second kappa shape index (κ2) is 5.07. The fourth-order valence-corrected chi connectivity index (χ4v) is 3.94. The van der Waals surface area contributed by atoms with Crippen molar-refractivity contribution in [2.45, 2.75) is 58.4 Å². The molecule has 1 aromatic rings. The number of nitrogens with one attached hydrogen (secondary N) is 1. The van der Waals surface area contributed by atoms with Crippen LogP contribution in [-0.4, -0.2) is 11.5 Å². The average Bonchev–Trinajstić information content (AvgIpc) is 2.79. The minimum Gasteiger partial charge on any atom is -0.305 e.